The smallest absolute Gasteiger partial charge is 0.104 e. The summed E-state index contributed by atoms with van der Waals surface area (Å²) in [6.07, 6.45) is 21.4. The molecule has 200 valence electrons. The van der Waals surface area contributed by atoms with Crippen LogP contribution in [0, 0.1) is 18.3 Å². The summed E-state index contributed by atoms with van der Waals surface area (Å²) in [5.74, 6) is 0. The normalized spacial score (nSPS) is 12.1. The highest BCUT2D eigenvalue weighted by molar-refractivity contribution is 6.32. The largest absolute Gasteiger partial charge is 0.394 e. The van der Waals surface area contributed by atoms with Gasteiger partial charge in [0.1, 0.15) is 12.2 Å². The Bertz CT molecular complexity index is 689. The summed E-state index contributed by atoms with van der Waals surface area (Å²) in [4.78, 5) is 0. The molecule has 0 saturated heterocycles. The molecule has 0 heterocycles. The molecule has 1 N–H and O–H groups in total. The summed E-state index contributed by atoms with van der Waals surface area (Å²) in [5, 5.41) is 19.2. The first kappa shape index (κ1) is 31.9. The second kappa shape index (κ2) is 22.1. The van der Waals surface area contributed by atoms with Crippen molar-refractivity contribution in [1.29, 1.82) is 5.26 Å². The molecule has 0 aromatic heterocycles. The Morgan fingerprint density at radius 3 is 1.86 bits per heavy atom. The fourth-order valence-electron chi connectivity index (χ4n) is 4.34. The minimum atomic E-state index is -0.363. The van der Waals surface area contributed by atoms with E-state index in [1.165, 1.54) is 96.3 Å². The van der Waals surface area contributed by atoms with E-state index in [2.05, 4.69) is 13.0 Å². The van der Waals surface area contributed by atoms with Gasteiger partial charge in [-0.3, -0.25) is 0 Å². The number of benzene rings is 1. The van der Waals surface area contributed by atoms with E-state index in [0.717, 1.165) is 17.5 Å². The van der Waals surface area contributed by atoms with E-state index in [1.54, 1.807) is 6.07 Å². The van der Waals surface area contributed by atoms with Crippen molar-refractivity contribution in [3.63, 3.8) is 0 Å². The third-order valence-electron chi connectivity index (χ3n) is 6.57. The molecule has 0 fully saturated rings. The minimum Gasteiger partial charge on any atom is -0.394 e. The maximum Gasteiger partial charge on any atom is 0.104 e. The van der Waals surface area contributed by atoms with Gasteiger partial charge in [0.25, 0.3) is 0 Å². The number of unbranched alkanes of at least 4 members (excludes halogenated alkanes) is 15. The maximum absolute atomic E-state index is 9.57. The molecule has 0 unspecified atom stereocenters. The third kappa shape index (κ3) is 16.3. The number of nitriles is 1. The number of aliphatic hydroxyl groups excluding tert-OH is 1. The van der Waals surface area contributed by atoms with Crippen LogP contribution in [0.1, 0.15) is 126 Å². The standard InChI is InChI=1S/C30H50ClNO3/c1-3-4-5-6-7-8-9-10-11-12-13-14-15-16-17-18-19-34-25-29(23-33)35-24-27-20-26(2)30(31)28(21-27)22-32/h20-21,29,33H,3-19,23-25H2,1-2H3/t29-/m0/s1. The number of nitrogens with zero attached hydrogens (tertiary/aromatic N) is 1. The Kier molecular flexibility index (Phi) is 20.2. The van der Waals surface area contributed by atoms with Gasteiger partial charge < -0.3 is 14.6 Å². The Hall–Kier alpha value is -1.12. The Balaban J connectivity index is 1.93. The van der Waals surface area contributed by atoms with Gasteiger partial charge in [-0.1, -0.05) is 121 Å². The Morgan fingerprint density at radius 2 is 1.37 bits per heavy atom. The number of hydrogen-bond donors (Lipinski definition) is 1. The van der Waals surface area contributed by atoms with Crippen molar-refractivity contribution in [3.8, 4) is 6.07 Å². The molecular formula is C30H50ClNO3. The van der Waals surface area contributed by atoms with Crippen LogP contribution in [0.25, 0.3) is 0 Å². The van der Waals surface area contributed by atoms with Crippen molar-refractivity contribution in [2.24, 2.45) is 0 Å². The van der Waals surface area contributed by atoms with Crippen molar-refractivity contribution in [2.45, 2.75) is 129 Å². The van der Waals surface area contributed by atoms with Crippen LogP contribution < -0.4 is 0 Å². The first-order valence-corrected chi connectivity index (χ1v) is 14.5. The molecule has 1 atom stereocenters. The molecule has 0 aliphatic carbocycles. The summed E-state index contributed by atoms with van der Waals surface area (Å²) in [7, 11) is 0. The predicted molar refractivity (Wildman–Crippen MR) is 147 cm³/mol. The molecular weight excluding hydrogens is 458 g/mol. The fourth-order valence-corrected chi connectivity index (χ4v) is 4.49. The fraction of sp³-hybridized carbons (Fsp3) is 0.767. The predicted octanol–water partition coefficient (Wildman–Crippen LogP) is 8.68. The molecule has 1 rings (SSSR count). The monoisotopic (exact) mass is 507 g/mol. The van der Waals surface area contributed by atoms with E-state index >= 15 is 0 Å². The molecule has 0 aliphatic heterocycles. The van der Waals surface area contributed by atoms with Crippen molar-refractivity contribution >= 4 is 11.6 Å². The van der Waals surface area contributed by atoms with Gasteiger partial charge in [-0.2, -0.15) is 5.26 Å². The third-order valence-corrected chi connectivity index (χ3v) is 7.07. The second-order valence-electron chi connectivity index (χ2n) is 9.88. The quantitative estimate of drug-likeness (QED) is 0.150. The molecule has 5 heteroatoms. The van der Waals surface area contributed by atoms with Crippen molar-refractivity contribution in [1.82, 2.24) is 0 Å². The lowest BCUT2D eigenvalue weighted by Gasteiger charge is -2.16. The van der Waals surface area contributed by atoms with Gasteiger partial charge in [-0.25, -0.2) is 0 Å². The first-order valence-electron chi connectivity index (χ1n) is 14.1. The Labute approximate surface area is 220 Å². The van der Waals surface area contributed by atoms with E-state index in [0.29, 0.717) is 30.4 Å². The van der Waals surface area contributed by atoms with Crippen molar-refractivity contribution in [2.75, 3.05) is 19.8 Å². The SMILES string of the molecule is CCCCCCCCCCCCCCCCCCOC[C@H](CO)OCc1cc(C)c(Cl)c(C#N)c1. The van der Waals surface area contributed by atoms with Gasteiger partial charge in [0.15, 0.2) is 0 Å². The van der Waals surface area contributed by atoms with Gasteiger partial charge in [-0.15, -0.1) is 0 Å². The number of ether oxygens (including phenoxy) is 2. The number of aliphatic hydroxyl groups is 1. The summed E-state index contributed by atoms with van der Waals surface area (Å²) in [6, 6.07) is 5.75. The van der Waals surface area contributed by atoms with Gasteiger partial charge in [0.2, 0.25) is 0 Å². The van der Waals surface area contributed by atoms with Crippen LogP contribution in [-0.4, -0.2) is 31.0 Å². The lowest BCUT2D eigenvalue weighted by molar-refractivity contribution is -0.0502. The van der Waals surface area contributed by atoms with E-state index < -0.39 is 0 Å². The molecule has 0 amide bonds. The highest BCUT2D eigenvalue weighted by Crippen LogP contribution is 2.22. The average Bonchev–Trinajstić information content (AvgIpc) is 2.86. The zero-order valence-electron chi connectivity index (χ0n) is 22.5. The molecule has 35 heavy (non-hydrogen) atoms. The van der Waals surface area contributed by atoms with Crippen LogP contribution in [0.5, 0.6) is 0 Å². The molecule has 4 nitrogen and oxygen atoms in total. The molecule has 0 aliphatic rings. The summed E-state index contributed by atoms with van der Waals surface area (Å²) >= 11 is 6.12. The van der Waals surface area contributed by atoms with Crippen LogP contribution in [0.2, 0.25) is 5.02 Å². The van der Waals surface area contributed by atoms with Gasteiger partial charge in [0.05, 0.1) is 30.4 Å². The zero-order chi connectivity index (χ0) is 25.6. The molecule has 1 aromatic carbocycles. The van der Waals surface area contributed by atoms with E-state index in [1.807, 2.05) is 13.0 Å². The maximum atomic E-state index is 9.57. The van der Waals surface area contributed by atoms with Gasteiger partial charge in [0, 0.05) is 6.61 Å². The van der Waals surface area contributed by atoms with Crippen LogP contribution in [0.3, 0.4) is 0 Å². The highest BCUT2D eigenvalue weighted by Gasteiger charge is 2.11. The van der Waals surface area contributed by atoms with E-state index in [-0.39, 0.29) is 12.7 Å². The topological polar surface area (TPSA) is 62.5 Å². The van der Waals surface area contributed by atoms with Gasteiger partial charge >= 0.3 is 0 Å². The second-order valence-corrected chi connectivity index (χ2v) is 10.3. The van der Waals surface area contributed by atoms with Gasteiger partial charge in [-0.05, 0) is 30.5 Å². The zero-order valence-corrected chi connectivity index (χ0v) is 23.2. The summed E-state index contributed by atoms with van der Waals surface area (Å²) < 4.78 is 11.5. The van der Waals surface area contributed by atoms with E-state index in [4.69, 9.17) is 21.1 Å². The van der Waals surface area contributed by atoms with Crippen LogP contribution in [0.4, 0.5) is 0 Å². The first-order chi connectivity index (χ1) is 17.1. The average molecular weight is 508 g/mol. The van der Waals surface area contributed by atoms with Crippen LogP contribution >= 0.6 is 11.6 Å². The molecule has 1 aromatic rings. The Morgan fingerprint density at radius 1 is 0.857 bits per heavy atom. The molecule has 0 spiro atoms. The van der Waals surface area contributed by atoms with Crippen LogP contribution in [-0.2, 0) is 16.1 Å². The van der Waals surface area contributed by atoms with E-state index in [9.17, 15) is 10.4 Å². The number of rotatable bonds is 23. The number of halogens is 1. The van der Waals surface area contributed by atoms with Crippen LogP contribution in [0.15, 0.2) is 12.1 Å². The number of aryl methyl sites for hydroxylation is 1. The molecule has 0 radical (unpaired) electrons. The lowest BCUT2D eigenvalue weighted by Crippen LogP contribution is -2.24. The number of hydrogen-bond acceptors (Lipinski definition) is 4. The summed E-state index contributed by atoms with van der Waals surface area (Å²) in [6.45, 7) is 5.47. The molecule has 0 bridgehead atoms. The molecule has 0 saturated carbocycles. The minimum absolute atomic E-state index is 0.0867. The highest BCUT2D eigenvalue weighted by atomic mass is 35.5. The summed E-state index contributed by atoms with van der Waals surface area (Å²) in [5.41, 5.74) is 2.18. The van der Waals surface area contributed by atoms with Crippen molar-refractivity contribution in [3.05, 3.63) is 33.8 Å². The lowest BCUT2D eigenvalue weighted by atomic mass is 10.0. The van der Waals surface area contributed by atoms with Crippen molar-refractivity contribution < 1.29 is 14.6 Å².